The van der Waals surface area contributed by atoms with Gasteiger partial charge in [0, 0.05) is 18.6 Å². The van der Waals surface area contributed by atoms with Crippen molar-refractivity contribution in [2.24, 2.45) is 0 Å². The van der Waals surface area contributed by atoms with Crippen molar-refractivity contribution in [1.82, 2.24) is 4.98 Å². The van der Waals surface area contributed by atoms with Gasteiger partial charge in [0.1, 0.15) is 5.82 Å². The number of carbonyl (C=O) groups is 2. The topological polar surface area (TPSA) is 68.3 Å². The van der Waals surface area contributed by atoms with Crippen molar-refractivity contribution in [1.29, 1.82) is 0 Å². The number of anilines is 1. The van der Waals surface area contributed by atoms with Crippen molar-refractivity contribution in [3.05, 3.63) is 17.7 Å². The fraction of sp³-hybridized carbons (Fsp3) is 0.222. The van der Waals surface area contributed by atoms with Gasteiger partial charge in [-0.05, 0) is 6.07 Å². The van der Waals surface area contributed by atoms with Crippen molar-refractivity contribution in [3.63, 3.8) is 0 Å². The SMILES string of the molecule is CC(=O)Oc1ccc2c(n1)NC(=O)C2. The van der Waals surface area contributed by atoms with Crippen LogP contribution in [-0.4, -0.2) is 16.9 Å². The van der Waals surface area contributed by atoms with Gasteiger partial charge in [-0.15, -0.1) is 0 Å². The maximum Gasteiger partial charge on any atom is 0.309 e. The Morgan fingerprint density at radius 1 is 1.57 bits per heavy atom. The summed E-state index contributed by atoms with van der Waals surface area (Å²) in [6, 6.07) is 3.29. The second kappa shape index (κ2) is 3.10. The van der Waals surface area contributed by atoms with Crippen LogP contribution in [-0.2, 0) is 16.0 Å². The summed E-state index contributed by atoms with van der Waals surface area (Å²) in [7, 11) is 0. The van der Waals surface area contributed by atoms with Gasteiger partial charge in [-0.25, -0.2) is 0 Å². The number of esters is 1. The molecule has 5 heteroatoms. The number of nitrogens with zero attached hydrogens (tertiary/aromatic N) is 1. The first-order valence-corrected chi connectivity index (χ1v) is 4.13. The lowest BCUT2D eigenvalue weighted by Gasteiger charge is -2.01. The van der Waals surface area contributed by atoms with Crippen LogP contribution in [0.15, 0.2) is 12.1 Å². The van der Waals surface area contributed by atoms with Crippen LogP contribution in [0.25, 0.3) is 0 Å². The molecule has 0 atom stereocenters. The van der Waals surface area contributed by atoms with Gasteiger partial charge in [0.2, 0.25) is 11.8 Å². The summed E-state index contributed by atoms with van der Waals surface area (Å²) in [6.45, 7) is 1.30. The Balaban J connectivity index is 2.28. The lowest BCUT2D eigenvalue weighted by molar-refractivity contribution is -0.132. The second-order valence-electron chi connectivity index (χ2n) is 2.98. The van der Waals surface area contributed by atoms with Crippen LogP contribution >= 0.6 is 0 Å². The van der Waals surface area contributed by atoms with Crippen LogP contribution in [0.3, 0.4) is 0 Å². The van der Waals surface area contributed by atoms with Crippen LogP contribution in [0.1, 0.15) is 12.5 Å². The van der Waals surface area contributed by atoms with Crippen molar-refractivity contribution >= 4 is 17.7 Å². The molecule has 1 aliphatic rings. The van der Waals surface area contributed by atoms with E-state index in [4.69, 9.17) is 4.74 Å². The average molecular weight is 192 g/mol. The summed E-state index contributed by atoms with van der Waals surface area (Å²) in [6.07, 6.45) is 0.336. The van der Waals surface area contributed by atoms with E-state index >= 15 is 0 Å². The van der Waals surface area contributed by atoms with E-state index in [-0.39, 0.29) is 11.8 Å². The molecule has 0 radical (unpaired) electrons. The van der Waals surface area contributed by atoms with E-state index < -0.39 is 5.97 Å². The minimum atomic E-state index is -0.429. The predicted octanol–water partition coefficient (Wildman–Crippen LogP) is 0.502. The number of aromatic nitrogens is 1. The van der Waals surface area contributed by atoms with Gasteiger partial charge in [-0.1, -0.05) is 0 Å². The molecule has 1 aromatic heterocycles. The Bertz CT molecular complexity index is 415. The normalized spacial score (nSPS) is 13.4. The fourth-order valence-corrected chi connectivity index (χ4v) is 1.27. The molecule has 14 heavy (non-hydrogen) atoms. The molecular formula is C9H8N2O3. The van der Waals surface area contributed by atoms with E-state index in [9.17, 15) is 9.59 Å². The first kappa shape index (κ1) is 8.68. The van der Waals surface area contributed by atoms with Crippen molar-refractivity contribution in [2.45, 2.75) is 13.3 Å². The number of pyridine rings is 1. The van der Waals surface area contributed by atoms with Gasteiger partial charge >= 0.3 is 5.97 Å². The molecule has 1 N–H and O–H groups in total. The van der Waals surface area contributed by atoms with Crippen molar-refractivity contribution in [3.8, 4) is 5.88 Å². The number of carbonyl (C=O) groups excluding carboxylic acids is 2. The molecule has 72 valence electrons. The van der Waals surface area contributed by atoms with Gasteiger partial charge in [0.15, 0.2) is 0 Å². The molecule has 1 amide bonds. The monoisotopic (exact) mass is 192 g/mol. The lowest BCUT2D eigenvalue weighted by atomic mass is 10.2. The largest absolute Gasteiger partial charge is 0.408 e. The quantitative estimate of drug-likeness (QED) is 0.658. The molecule has 2 rings (SSSR count). The van der Waals surface area contributed by atoms with Gasteiger partial charge in [0.25, 0.3) is 0 Å². The Morgan fingerprint density at radius 3 is 3.07 bits per heavy atom. The Hall–Kier alpha value is -1.91. The molecule has 0 saturated heterocycles. The second-order valence-corrected chi connectivity index (χ2v) is 2.98. The molecule has 5 nitrogen and oxygen atoms in total. The van der Waals surface area contributed by atoms with E-state index in [0.29, 0.717) is 12.2 Å². The van der Waals surface area contributed by atoms with E-state index in [1.807, 2.05) is 0 Å². The third-order valence-electron chi connectivity index (χ3n) is 1.81. The standard InChI is InChI=1S/C9H8N2O3/c1-5(12)14-8-3-2-6-4-7(13)10-9(6)11-8/h2-3H,4H2,1H3,(H,10,11,13). The molecule has 0 aromatic carbocycles. The average Bonchev–Trinajstić information content (AvgIpc) is 2.42. The molecule has 0 bridgehead atoms. The summed E-state index contributed by atoms with van der Waals surface area (Å²) in [5.41, 5.74) is 0.825. The predicted molar refractivity (Wildman–Crippen MR) is 47.9 cm³/mol. The zero-order valence-electron chi connectivity index (χ0n) is 7.53. The zero-order valence-corrected chi connectivity index (χ0v) is 7.53. The third-order valence-corrected chi connectivity index (χ3v) is 1.81. The van der Waals surface area contributed by atoms with Crippen LogP contribution in [0.5, 0.6) is 5.88 Å². The van der Waals surface area contributed by atoms with Crippen LogP contribution in [0.2, 0.25) is 0 Å². The summed E-state index contributed by atoms with van der Waals surface area (Å²) in [5, 5.41) is 2.57. The fourth-order valence-electron chi connectivity index (χ4n) is 1.27. The number of amides is 1. The highest BCUT2D eigenvalue weighted by Crippen LogP contribution is 2.23. The number of hydrogen-bond donors (Lipinski definition) is 1. The van der Waals surface area contributed by atoms with Gasteiger partial charge in [0.05, 0.1) is 6.42 Å². The molecular weight excluding hydrogens is 184 g/mol. The molecule has 0 fully saturated rings. The molecule has 2 heterocycles. The van der Waals surface area contributed by atoms with Crippen molar-refractivity contribution in [2.75, 3.05) is 5.32 Å². The smallest absolute Gasteiger partial charge is 0.309 e. The zero-order chi connectivity index (χ0) is 10.1. The minimum absolute atomic E-state index is 0.0903. The van der Waals surface area contributed by atoms with E-state index in [1.165, 1.54) is 6.92 Å². The highest BCUT2D eigenvalue weighted by molar-refractivity contribution is 5.97. The first-order chi connectivity index (χ1) is 6.65. The third kappa shape index (κ3) is 1.56. The molecule has 0 unspecified atom stereocenters. The number of rotatable bonds is 1. The summed E-state index contributed by atoms with van der Waals surface area (Å²) < 4.78 is 4.77. The van der Waals surface area contributed by atoms with Gasteiger partial charge in [-0.2, -0.15) is 4.98 Å². The maximum absolute atomic E-state index is 11.0. The number of ether oxygens (including phenoxy) is 1. The summed E-state index contributed by atoms with van der Waals surface area (Å²) in [5.74, 6) is 0.168. The van der Waals surface area contributed by atoms with Crippen molar-refractivity contribution < 1.29 is 14.3 Å². The minimum Gasteiger partial charge on any atom is -0.408 e. The van der Waals surface area contributed by atoms with E-state index in [2.05, 4.69) is 10.3 Å². The van der Waals surface area contributed by atoms with E-state index in [1.54, 1.807) is 12.1 Å². The molecule has 0 aliphatic carbocycles. The van der Waals surface area contributed by atoms with Gasteiger partial charge < -0.3 is 10.1 Å². The van der Waals surface area contributed by atoms with E-state index in [0.717, 1.165) is 5.56 Å². The lowest BCUT2D eigenvalue weighted by Crippen LogP contribution is -2.06. The molecule has 0 spiro atoms. The molecule has 1 aromatic rings. The summed E-state index contributed by atoms with van der Waals surface area (Å²) in [4.78, 5) is 25.6. The highest BCUT2D eigenvalue weighted by Gasteiger charge is 2.19. The number of fused-ring (bicyclic) bond motifs is 1. The van der Waals surface area contributed by atoms with Crippen LogP contribution in [0.4, 0.5) is 5.82 Å². The number of hydrogen-bond acceptors (Lipinski definition) is 4. The summed E-state index contributed by atoms with van der Waals surface area (Å²) >= 11 is 0. The van der Waals surface area contributed by atoms with Crippen LogP contribution < -0.4 is 10.1 Å². The molecule has 0 saturated carbocycles. The van der Waals surface area contributed by atoms with Gasteiger partial charge in [-0.3, -0.25) is 9.59 Å². The Kier molecular flexibility index (Phi) is 1.92. The molecule has 1 aliphatic heterocycles. The van der Waals surface area contributed by atoms with Crippen LogP contribution in [0, 0.1) is 0 Å². The maximum atomic E-state index is 11.0. The first-order valence-electron chi connectivity index (χ1n) is 4.13. The Labute approximate surface area is 80.1 Å². The number of nitrogens with one attached hydrogen (secondary N) is 1. The Morgan fingerprint density at radius 2 is 2.36 bits per heavy atom. The highest BCUT2D eigenvalue weighted by atomic mass is 16.5.